The highest BCUT2D eigenvalue weighted by Crippen LogP contribution is 2.32. The van der Waals surface area contributed by atoms with Crippen LogP contribution in [-0.4, -0.2) is 32.1 Å². The highest BCUT2D eigenvalue weighted by Gasteiger charge is 2.50. The van der Waals surface area contributed by atoms with E-state index < -0.39 is 18.2 Å². The quantitative estimate of drug-likeness (QED) is 0.906. The lowest BCUT2D eigenvalue weighted by Crippen LogP contribution is -2.44. The van der Waals surface area contributed by atoms with Gasteiger partial charge in [0.1, 0.15) is 5.75 Å². The molecule has 1 heterocycles. The van der Waals surface area contributed by atoms with Gasteiger partial charge < -0.3 is 14.7 Å². The van der Waals surface area contributed by atoms with Crippen LogP contribution in [-0.2, 0) is 6.42 Å². The minimum Gasteiger partial charge on any atom is -0.508 e. The van der Waals surface area contributed by atoms with Crippen LogP contribution in [0.5, 0.6) is 5.75 Å². The molecule has 0 aliphatic carbocycles. The van der Waals surface area contributed by atoms with Gasteiger partial charge in [0, 0.05) is 5.56 Å². The van der Waals surface area contributed by atoms with Crippen LogP contribution in [0, 0.1) is 0 Å². The standard InChI is InChI=1S/C12H11F3N2O3/c1-11(19,12(13,14)15)6-9-16-10(17-20-9)7-2-4-8(18)5-3-7/h2-5,18-19H,6H2,1H3. The smallest absolute Gasteiger partial charge is 0.417 e. The first-order valence-corrected chi connectivity index (χ1v) is 5.60. The van der Waals surface area contributed by atoms with Crippen LogP contribution in [0.4, 0.5) is 13.2 Å². The minimum absolute atomic E-state index is 0.0393. The number of aromatic nitrogens is 2. The second kappa shape index (κ2) is 4.78. The van der Waals surface area contributed by atoms with E-state index in [9.17, 15) is 18.3 Å². The van der Waals surface area contributed by atoms with Crippen LogP contribution in [0.1, 0.15) is 12.8 Å². The fourth-order valence-electron chi connectivity index (χ4n) is 1.45. The Morgan fingerprint density at radius 2 is 1.80 bits per heavy atom. The molecule has 2 N–H and O–H groups in total. The zero-order valence-corrected chi connectivity index (χ0v) is 10.3. The molecule has 0 radical (unpaired) electrons. The maximum atomic E-state index is 12.5. The van der Waals surface area contributed by atoms with Gasteiger partial charge in [0.05, 0.1) is 6.42 Å². The SMILES string of the molecule is CC(O)(Cc1nc(-c2ccc(O)cc2)no1)C(F)(F)F. The molecule has 0 saturated carbocycles. The van der Waals surface area contributed by atoms with E-state index in [0.29, 0.717) is 12.5 Å². The molecule has 1 unspecified atom stereocenters. The number of phenolic OH excluding ortho intramolecular Hbond substituents is 1. The summed E-state index contributed by atoms with van der Waals surface area (Å²) in [4.78, 5) is 3.79. The average molecular weight is 288 g/mol. The maximum absolute atomic E-state index is 12.5. The molecule has 108 valence electrons. The molecule has 20 heavy (non-hydrogen) atoms. The van der Waals surface area contributed by atoms with Gasteiger partial charge in [-0.15, -0.1) is 0 Å². The van der Waals surface area contributed by atoms with Crippen molar-refractivity contribution in [3.63, 3.8) is 0 Å². The summed E-state index contributed by atoms with van der Waals surface area (Å²) in [6.45, 7) is 0.636. The van der Waals surface area contributed by atoms with Crippen molar-refractivity contribution in [3.05, 3.63) is 30.2 Å². The summed E-state index contributed by atoms with van der Waals surface area (Å²) in [5.41, 5.74) is -2.46. The Hall–Kier alpha value is -2.09. The average Bonchev–Trinajstić information content (AvgIpc) is 2.76. The fourth-order valence-corrected chi connectivity index (χ4v) is 1.45. The molecular formula is C12H11F3N2O3. The van der Waals surface area contributed by atoms with Crippen molar-refractivity contribution in [1.82, 2.24) is 10.1 Å². The van der Waals surface area contributed by atoms with Crippen molar-refractivity contribution in [3.8, 4) is 17.1 Å². The summed E-state index contributed by atoms with van der Waals surface area (Å²) in [6, 6.07) is 5.76. The van der Waals surface area contributed by atoms with E-state index in [2.05, 4.69) is 10.1 Å². The fraction of sp³-hybridized carbons (Fsp3) is 0.333. The highest BCUT2D eigenvalue weighted by molar-refractivity contribution is 5.55. The Balaban J connectivity index is 2.20. The van der Waals surface area contributed by atoms with Gasteiger partial charge in [-0.3, -0.25) is 0 Å². The molecule has 0 saturated heterocycles. The lowest BCUT2D eigenvalue weighted by Gasteiger charge is -2.24. The molecule has 5 nitrogen and oxygen atoms in total. The molecule has 1 aromatic heterocycles. The zero-order chi connectivity index (χ0) is 15.0. The number of benzene rings is 1. The molecule has 0 fully saturated rings. The Labute approximate surface area is 111 Å². The van der Waals surface area contributed by atoms with Gasteiger partial charge in [0.15, 0.2) is 5.60 Å². The Morgan fingerprint density at radius 3 is 2.35 bits per heavy atom. The third kappa shape index (κ3) is 2.90. The number of halogens is 3. The van der Waals surface area contributed by atoms with E-state index in [1.54, 1.807) is 0 Å². The van der Waals surface area contributed by atoms with Crippen molar-refractivity contribution in [2.45, 2.75) is 25.1 Å². The number of phenols is 1. The van der Waals surface area contributed by atoms with E-state index >= 15 is 0 Å². The lowest BCUT2D eigenvalue weighted by atomic mass is 10.0. The summed E-state index contributed by atoms with van der Waals surface area (Å²) >= 11 is 0. The first-order valence-electron chi connectivity index (χ1n) is 5.60. The summed E-state index contributed by atoms with van der Waals surface area (Å²) in [7, 11) is 0. The predicted octanol–water partition coefficient (Wildman–Crippen LogP) is 2.30. The number of rotatable bonds is 3. The van der Waals surface area contributed by atoms with Crippen molar-refractivity contribution in [2.75, 3.05) is 0 Å². The molecule has 2 aromatic rings. The molecule has 0 bridgehead atoms. The summed E-state index contributed by atoms with van der Waals surface area (Å²) in [5, 5.41) is 22.0. The van der Waals surface area contributed by atoms with E-state index in [1.165, 1.54) is 24.3 Å². The van der Waals surface area contributed by atoms with Crippen LogP contribution in [0.25, 0.3) is 11.4 Å². The van der Waals surface area contributed by atoms with Gasteiger partial charge in [-0.1, -0.05) is 5.16 Å². The summed E-state index contributed by atoms with van der Waals surface area (Å²) < 4.78 is 42.3. The van der Waals surface area contributed by atoms with Gasteiger partial charge in [0.2, 0.25) is 11.7 Å². The van der Waals surface area contributed by atoms with Crippen molar-refractivity contribution in [2.24, 2.45) is 0 Å². The first-order chi connectivity index (χ1) is 9.19. The Kier molecular flexibility index (Phi) is 3.43. The topological polar surface area (TPSA) is 79.4 Å². The predicted molar refractivity (Wildman–Crippen MR) is 61.8 cm³/mol. The van der Waals surface area contributed by atoms with Gasteiger partial charge in [-0.2, -0.15) is 18.2 Å². The first kappa shape index (κ1) is 14.3. The van der Waals surface area contributed by atoms with Crippen LogP contribution < -0.4 is 0 Å². The van der Waals surface area contributed by atoms with E-state index in [4.69, 9.17) is 9.63 Å². The van der Waals surface area contributed by atoms with Crippen LogP contribution >= 0.6 is 0 Å². The van der Waals surface area contributed by atoms with Crippen LogP contribution in [0.2, 0.25) is 0 Å². The normalized spacial score (nSPS) is 15.1. The highest BCUT2D eigenvalue weighted by atomic mass is 19.4. The molecular weight excluding hydrogens is 277 g/mol. The second-order valence-corrected chi connectivity index (χ2v) is 4.51. The van der Waals surface area contributed by atoms with Crippen molar-refractivity contribution >= 4 is 0 Å². The number of hydrogen-bond donors (Lipinski definition) is 2. The van der Waals surface area contributed by atoms with Gasteiger partial charge in [0.25, 0.3) is 0 Å². The molecule has 0 amide bonds. The lowest BCUT2D eigenvalue weighted by molar-refractivity contribution is -0.253. The van der Waals surface area contributed by atoms with E-state index in [1.807, 2.05) is 0 Å². The molecule has 8 heteroatoms. The third-order valence-electron chi connectivity index (χ3n) is 2.70. The summed E-state index contributed by atoms with van der Waals surface area (Å²) in [5.74, 6) is -0.203. The molecule has 0 spiro atoms. The van der Waals surface area contributed by atoms with Gasteiger partial charge in [-0.25, -0.2) is 0 Å². The maximum Gasteiger partial charge on any atom is 0.417 e. The second-order valence-electron chi connectivity index (χ2n) is 4.51. The number of aliphatic hydroxyl groups is 1. The van der Waals surface area contributed by atoms with Crippen LogP contribution in [0.15, 0.2) is 28.8 Å². The van der Waals surface area contributed by atoms with Gasteiger partial charge in [-0.05, 0) is 31.2 Å². The largest absolute Gasteiger partial charge is 0.508 e. The van der Waals surface area contributed by atoms with Crippen LogP contribution in [0.3, 0.4) is 0 Å². The number of hydrogen-bond acceptors (Lipinski definition) is 5. The third-order valence-corrected chi connectivity index (χ3v) is 2.70. The molecule has 2 rings (SSSR count). The molecule has 0 aliphatic heterocycles. The monoisotopic (exact) mass is 288 g/mol. The molecule has 1 aromatic carbocycles. The van der Waals surface area contributed by atoms with Crippen molar-refractivity contribution < 1.29 is 27.9 Å². The van der Waals surface area contributed by atoms with Crippen molar-refractivity contribution in [1.29, 1.82) is 0 Å². The number of aromatic hydroxyl groups is 1. The summed E-state index contributed by atoms with van der Waals surface area (Å²) in [6.07, 6.45) is -5.62. The number of nitrogens with zero attached hydrogens (tertiary/aromatic N) is 2. The van der Waals surface area contributed by atoms with E-state index in [0.717, 1.165) is 0 Å². The van der Waals surface area contributed by atoms with Gasteiger partial charge >= 0.3 is 6.18 Å². The molecule has 0 aliphatic rings. The number of alkyl halides is 3. The minimum atomic E-state index is -4.79. The zero-order valence-electron chi connectivity index (χ0n) is 10.3. The Bertz CT molecular complexity index is 591. The molecule has 1 atom stereocenters. The van der Waals surface area contributed by atoms with E-state index in [-0.39, 0.29) is 17.5 Å². The Morgan fingerprint density at radius 1 is 1.20 bits per heavy atom.